The van der Waals surface area contributed by atoms with E-state index in [0.29, 0.717) is 22.3 Å². The van der Waals surface area contributed by atoms with Crippen molar-refractivity contribution in [3.8, 4) is 0 Å². The number of fused-ring (bicyclic) bond motifs is 2. The summed E-state index contributed by atoms with van der Waals surface area (Å²) in [6.45, 7) is 6.06. The highest BCUT2D eigenvalue weighted by molar-refractivity contribution is 6.29. The summed E-state index contributed by atoms with van der Waals surface area (Å²) in [4.78, 5) is 25.4. The van der Waals surface area contributed by atoms with Crippen LogP contribution in [0.2, 0.25) is 0 Å². The number of aryl methyl sites for hydroxylation is 1. The summed E-state index contributed by atoms with van der Waals surface area (Å²) < 4.78 is 0. The molecule has 0 spiro atoms. The average molecular weight is 264 g/mol. The molecule has 0 aliphatic heterocycles. The van der Waals surface area contributed by atoms with Gasteiger partial charge in [-0.3, -0.25) is 9.59 Å². The smallest absolute Gasteiger partial charge is 0.194 e. The molecule has 2 nitrogen and oxygen atoms in total. The Balaban J connectivity index is 2.36. The number of hydrogen-bond acceptors (Lipinski definition) is 2. The Bertz CT molecular complexity index is 739. The Labute approximate surface area is 118 Å². The first-order valence-electron chi connectivity index (χ1n) is 6.83. The second kappa shape index (κ2) is 4.41. The second-order valence-electron chi connectivity index (χ2n) is 5.64. The highest BCUT2D eigenvalue weighted by atomic mass is 16.1. The summed E-state index contributed by atoms with van der Waals surface area (Å²) in [5.41, 5.74) is 4.17. The van der Waals surface area contributed by atoms with Gasteiger partial charge in [0.2, 0.25) is 0 Å². The first-order chi connectivity index (χ1) is 9.50. The largest absolute Gasteiger partial charge is 0.289 e. The topological polar surface area (TPSA) is 34.1 Å². The summed E-state index contributed by atoms with van der Waals surface area (Å²) in [6, 6.07) is 10.9. The van der Waals surface area contributed by atoms with E-state index in [1.54, 1.807) is 24.3 Å². The van der Waals surface area contributed by atoms with Crippen molar-refractivity contribution in [1.82, 2.24) is 0 Å². The monoisotopic (exact) mass is 264 g/mol. The lowest BCUT2D eigenvalue weighted by atomic mass is 9.79. The molecule has 0 fully saturated rings. The molecule has 1 aliphatic rings. The zero-order chi connectivity index (χ0) is 14.4. The minimum atomic E-state index is -0.0409. The van der Waals surface area contributed by atoms with Crippen molar-refractivity contribution in [1.29, 1.82) is 0 Å². The zero-order valence-corrected chi connectivity index (χ0v) is 11.9. The maximum Gasteiger partial charge on any atom is 0.194 e. The number of ketones is 2. The molecule has 2 aromatic carbocycles. The molecule has 2 aromatic rings. The molecule has 100 valence electrons. The normalized spacial score (nSPS) is 13.4. The Hall–Kier alpha value is -2.22. The van der Waals surface area contributed by atoms with Crippen LogP contribution in [0.4, 0.5) is 0 Å². The summed E-state index contributed by atoms with van der Waals surface area (Å²) in [5, 5.41) is 0. The van der Waals surface area contributed by atoms with E-state index in [4.69, 9.17) is 0 Å². The van der Waals surface area contributed by atoms with Gasteiger partial charge < -0.3 is 0 Å². The van der Waals surface area contributed by atoms with Gasteiger partial charge in [-0.25, -0.2) is 0 Å². The minimum absolute atomic E-state index is 0.0288. The van der Waals surface area contributed by atoms with Crippen molar-refractivity contribution in [2.75, 3.05) is 0 Å². The van der Waals surface area contributed by atoms with E-state index in [1.165, 1.54) is 0 Å². The molecule has 1 aliphatic carbocycles. The molecule has 2 heteroatoms. The number of benzene rings is 2. The van der Waals surface area contributed by atoms with Gasteiger partial charge >= 0.3 is 0 Å². The third kappa shape index (κ3) is 1.72. The molecule has 0 aromatic heterocycles. The van der Waals surface area contributed by atoms with Crippen LogP contribution in [-0.4, -0.2) is 11.6 Å². The molecule has 3 rings (SSSR count). The Morgan fingerprint density at radius 1 is 0.850 bits per heavy atom. The first kappa shape index (κ1) is 12.8. The second-order valence-corrected chi connectivity index (χ2v) is 5.64. The predicted octanol–water partition coefficient (Wildman–Crippen LogP) is 3.89. The number of carbonyl (C=O) groups is 2. The molecule has 0 saturated heterocycles. The molecule has 0 heterocycles. The third-order valence-corrected chi connectivity index (χ3v) is 3.82. The quantitative estimate of drug-likeness (QED) is 0.668. The number of rotatable bonds is 1. The van der Waals surface area contributed by atoms with Crippen LogP contribution in [-0.2, 0) is 0 Å². The highest BCUT2D eigenvalue weighted by Crippen LogP contribution is 2.33. The Morgan fingerprint density at radius 2 is 1.45 bits per heavy atom. The number of hydrogen-bond donors (Lipinski definition) is 0. The summed E-state index contributed by atoms with van der Waals surface area (Å²) in [5.74, 6) is 0.144. The van der Waals surface area contributed by atoms with Crippen LogP contribution < -0.4 is 0 Å². The first-order valence-corrected chi connectivity index (χ1v) is 6.83. The van der Waals surface area contributed by atoms with Gasteiger partial charge in [0, 0.05) is 22.3 Å². The zero-order valence-electron chi connectivity index (χ0n) is 11.9. The van der Waals surface area contributed by atoms with E-state index in [-0.39, 0.29) is 17.5 Å². The lowest BCUT2D eigenvalue weighted by molar-refractivity contribution is 0.0978. The Morgan fingerprint density at radius 3 is 2.05 bits per heavy atom. The van der Waals surface area contributed by atoms with Gasteiger partial charge in [0.15, 0.2) is 11.6 Å². The van der Waals surface area contributed by atoms with Crippen molar-refractivity contribution >= 4 is 11.6 Å². The van der Waals surface area contributed by atoms with Gasteiger partial charge in [-0.2, -0.15) is 0 Å². The molecule has 0 radical (unpaired) electrons. The highest BCUT2D eigenvalue weighted by Gasteiger charge is 2.31. The van der Waals surface area contributed by atoms with Gasteiger partial charge in [-0.05, 0) is 24.5 Å². The van der Waals surface area contributed by atoms with Gasteiger partial charge in [0.25, 0.3) is 0 Å². The van der Waals surface area contributed by atoms with Crippen molar-refractivity contribution in [3.05, 3.63) is 69.8 Å². The van der Waals surface area contributed by atoms with Crippen LogP contribution in [0.1, 0.15) is 62.7 Å². The van der Waals surface area contributed by atoms with Crippen LogP contribution >= 0.6 is 0 Å². The van der Waals surface area contributed by atoms with E-state index in [2.05, 4.69) is 0 Å². The summed E-state index contributed by atoms with van der Waals surface area (Å²) in [7, 11) is 0. The van der Waals surface area contributed by atoms with Crippen LogP contribution in [0.5, 0.6) is 0 Å². The summed E-state index contributed by atoms with van der Waals surface area (Å²) >= 11 is 0. The van der Waals surface area contributed by atoms with Crippen LogP contribution in [0.25, 0.3) is 0 Å². The Kier molecular flexibility index (Phi) is 2.82. The molecule has 0 bridgehead atoms. The molecule has 20 heavy (non-hydrogen) atoms. The van der Waals surface area contributed by atoms with Crippen molar-refractivity contribution in [2.45, 2.75) is 26.7 Å². The molecule has 0 N–H and O–H groups in total. The van der Waals surface area contributed by atoms with Crippen molar-refractivity contribution in [2.24, 2.45) is 0 Å². The molecule has 0 amide bonds. The molecular formula is C18H16O2. The molecule has 0 unspecified atom stereocenters. The van der Waals surface area contributed by atoms with Crippen LogP contribution in [0, 0.1) is 6.92 Å². The lowest BCUT2D eigenvalue weighted by Gasteiger charge is -2.22. The average Bonchev–Trinajstić information content (AvgIpc) is 2.43. The third-order valence-electron chi connectivity index (χ3n) is 3.82. The van der Waals surface area contributed by atoms with Gasteiger partial charge in [0.05, 0.1) is 0 Å². The standard InChI is InChI=1S/C18H16O2/c1-10(2)14-8-11(3)9-15-16(14)18(20)13-7-5-4-6-12(13)17(15)19/h4-10H,1-3H3. The fourth-order valence-electron chi connectivity index (χ4n) is 2.86. The van der Waals surface area contributed by atoms with Crippen molar-refractivity contribution < 1.29 is 9.59 Å². The van der Waals surface area contributed by atoms with E-state index in [0.717, 1.165) is 11.1 Å². The van der Waals surface area contributed by atoms with Gasteiger partial charge in [0.1, 0.15) is 0 Å². The number of carbonyl (C=O) groups excluding carboxylic acids is 2. The lowest BCUT2D eigenvalue weighted by Crippen LogP contribution is -2.23. The molecule has 0 atom stereocenters. The summed E-state index contributed by atoms with van der Waals surface area (Å²) in [6.07, 6.45) is 0. The van der Waals surface area contributed by atoms with E-state index >= 15 is 0 Å². The molecular weight excluding hydrogens is 248 g/mol. The predicted molar refractivity (Wildman–Crippen MR) is 78.6 cm³/mol. The fraction of sp³-hybridized carbons (Fsp3) is 0.222. The SMILES string of the molecule is Cc1cc2c(c(C(C)C)c1)C(=O)c1ccccc1C2=O. The minimum Gasteiger partial charge on any atom is -0.289 e. The van der Waals surface area contributed by atoms with E-state index in [1.807, 2.05) is 32.9 Å². The fourth-order valence-corrected chi connectivity index (χ4v) is 2.86. The van der Waals surface area contributed by atoms with Crippen LogP contribution in [0.3, 0.4) is 0 Å². The molecule has 0 saturated carbocycles. The maximum absolute atomic E-state index is 12.7. The van der Waals surface area contributed by atoms with E-state index in [9.17, 15) is 9.59 Å². The van der Waals surface area contributed by atoms with Gasteiger partial charge in [-0.1, -0.05) is 49.7 Å². The van der Waals surface area contributed by atoms with Crippen molar-refractivity contribution in [3.63, 3.8) is 0 Å². The maximum atomic E-state index is 12.7. The van der Waals surface area contributed by atoms with Crippen LogP contribution in [0.15, 0.2) is 36.4 Å². The van der Waals surface area contributed by atoms with E-state index < -0.39 is 0 Å². The van der Waals surface area contributed by atoms with Gasteiger partial charge in [-0.15, -0.1) is 0 Å².